The number of hydrogen-bond donors (Lipinski definition) is 2. The van der Waals surface area contributed by atoms with Crippen molar-refractivity contribution in [1.29, 1.82) is 0 Å². The second-order valence-corrected chi connectivity index (χ2v) is 4.85. The van der Waals surface area contributed by atoms with Gasteiger partial charge < -0.3 is 10.9 Å². The molecule has 0 heterocycles. The second kappa shape index (κ2) is 8.62. The van der Waals surface area contributed by atoms with E-state index in [1.165, 1.54) is 12.1 Å². The van der Waals surface area contributed by atoms with Gasteiger partial charge in [-0.15, -0.1) is 0 Å². The van der Waals surface area contributed by atoms with E-state index in [0.717, 1.165) is 23.5 Å². The summed E-state index contributed by atoms with van der Waals surface area (Å²) in [6, 6.07) is 26.4. The van der Waals surface area contributed by atoms with E-state index in [1.54, 1.807) is 6.07 Å². The van der Waals surface area contributed by atoms with Crippen LogP contribution in [-0.2, 0) is 6.18 Å². The molecule has 3 aromatic carbocycles. The molecule has 124 valence electrons. The standard InChI is InChI=1S/C12H12N2.C7H5F3/c1-3-7-11(8-4-1)13-14-12-9-5-2-6-10-12;8-7(9,10)6-4-2-1-3-5-6/h1-10,13-14H;1-5H. The molecule has 2 nitrogen and oxygen atoms in total. The van der Waals surface area contributed by atoms with E-state index >= 15 is 0 Å². The minimum atomic E-state index is -4.21. The van der Waals surface area contributed by atoms with Gasteiger partial charge in [-0.05, 0) is 24.3 Å². The van der Waals surface area contributed by atoms with Crippen LogP contribution in [0.15, 0.2) is 91.0 Å². The average Bonchev–Trinajstić information content (AvgIpc) is 2.62. The molecule has 3 aromatic rings. The van der Waals surface area contributed by atoms with Gasteiger partial charge in [-0.25, -0.2) is 0 Å². The molecule has 0 fully saturated rings. The summed E-state index contributed by atoms with van der Waals surface area (Å²) in [6.45, 7) is 0. The molecule has 0 aliphatic heterocycles. The van der Waals surface area contributed by atoms with Crippen molar-refractivity contribution in [3.63, 3.8) is 0 Å². The molecule has 0 aliphatic rings. The molecular formula is C19H17F3N2. The highest BCUT2D eigenvalue weighted by Gasteiger charge is 2.29. The first kappa shape index (κ1) is 17.4. The summed E-state index contributed by atoms with van der Waals surface area (Å²) in [7, 11) is 0. The van der Waals surface area contributed by atoms with Crippen molar-refractivity contribution < 1.29 is 13.2 Å². The fourth-order valence-electron chi connectivity index (χ4n) is 1.81. The van der Waals surface area contributed by atoms with Crippen molar-refractivity contribution in [2.45, 2.75) is 6.18 Å². The molecule has 0 aliphatic carbocycles. The van der Waals surface area contributed by atoms with Crippen LogP contribution in [-0.4, -0.2) is 0 Å². The van der Waals surface area contributed by atoms with Crippen LogP contribution < -0.4 is 10.9 Å². The van der Waals surface area contributed by atoms with E-state index in [1.807, 2.05) is 60.7 Å². The van der Waals surface area contributed by atoms with Crippen LogP contribution in [0, 0.1) is 0 Å². The Morgan fingerprint density at radius 1 is 0.500 bits per heavy atom. The van der Waals surface area contributed by atoms with Crippen LogP contribution in [0.2, 0.25) is 0 Å². The van der Waals surface area contributed by atoms with Gasteiger partial charge in [-0.3, -0.25) is 0 Å². The number of benzene rings is 3. The summed E-state index contributed by atoms with van der Waals surface area (Å²) in [4.78, 5) is 0. The van der Waals surface area contributed by atoms with E-state index in [4.69, 9.17) is 0 Å². The van der Waals surface area contributed by atoms with Crippen LogP contribution in [0.4, 0.5) is 24.5 Å². The SMILES string of the molecule is FC(F)(F)c1ccccc1.c1ccc(NNc2ccccc2)cc1. The maximum atomic E-state index is 11.8. The minimum absolute atomic E-state index is 0.602. The van der Waals surface area contributed by atoms with E-state index in [-0.39, 0.29) is 0 Å². The van der Waals surface area contributed by atoms with Crippen LogP contribution in [0.5, 0.6) is 0 Å². The Hall–Kier alpha value is -2.95. The number of anilines is 2. The molecule has 0 bridgehead atoms. The van der Waals surface area contributed by atoms with Crippen molar-refractivity contribution >= 4 is 11.4 Å². The van der Waals surface area contributed by atoms with Crippen LogP contribution in [0.3, 0.4) is 0 Å². The summed E-state index contributed by atoms with van der Waals surface area (Å²) in [5.41, 5.74) is 7.72. The number of hydrogen-bond acceptors (Lipinski definition) is 2. The monoisotopic (exact) mass is 330 g/mol. The minimum Gasteiger partial charge on any atom is -0.301 e. The number of para-hydroxylation sites is 2. The van der Waals surface area contributed by atoms with Gasteiger partial charge >= 0.3 is 6.18 Å². The quantitative estimate of drug-likeness (QED) is 0.590. The molecule has 0 unspecified atom stereocenters. The van der Waals surface area contributed by atoms with Crippen LogP contribution >= 0.6 is 0 Å². The van der Waals surface area contributed by atoms with Gasteiger partial charge in [-0.1, -0.05) is 66.7 Å². The number of hydrazine groups is 1. The third-order valence-electron chi connectivity index (χ3n) is 3.00. The van der Waals surface area contributed by atoms with Crippen molar-refractivity contribution in [3.05, 3.63) is 96.6 Å². The molecule has 2 N–H and O–H groups in total. The third kappa shape index (κ3) is 6.04. The Morgan fingerprint density at radius 3 is 1.12 bits per heavy atom. The average molecular weight is 330 g/mol. The topological polar surface area (TPSA) is 24.1 Å². The van der Waals surface area contributed by atoms with Gasteiger partial charge in [0.1, 0.15) is 0 Å². The van der Waals surface area contributed by atoms with Crippen LogP contribution in [0.1, 0.15) is 5.56 Å². The number of rotatable bonds is 3. The van der Waals surface area contributed by atoms with E-state index in [9.17, 15) is 13.2 Å². The summed E-state index contributed by atoms with van der Waals surface area (Å²) in [5.74, 6) is 0. The molecule has 0 amide bonds. The highest BCUT2D eigenvalue weighted by atomic mass is 19.4. The van der Waals surface area contributed by atoms with Crippen molar-refractivity contribution in [1.82, 2.24) is 0 Å². The lowest BCUT2D eigenvalue weighted by Gasteiger charge is -2.08. The van der Waals surface area contributed by atoms with Crippen molar-refractivity contribution in [3.8, 4) is 0 Å². The first-order valence-corrected chi connectivity index (χ1v) is 7.30. The van der Waals surface area contributed by atoms with E-state index in [2.05, 4.69) is 10.9 Å². The molecular weight excluding hydrogens is 313 g/mol. The molecule has 5 heteroatoms. The Morgan fingerprint density at radius 2 is 0.833 bits per heavy atom. The summed E-state index contributed by atoms with van der Waals surface area (Å²) in [5, 5.41) is 0. The highest BCUT2D eigenvalue weighted by molar-refractivity contribution is 5.51. The zero-order valence-electron chi connectivity index (χ0n) is 12.8. The number of alkyl halides is 3. The normalized spacial score (nSPS) is 10.3. The second-order valence-electron chi connectivity index (χ2n) is 4.85. The Labute approximate surface area is 138 Å². The Balaban J connectivity index is 0.000000185. The first-order chi connectivity index (χ1) is 11.6. The molecule has 0 radical (unpaired) electrons. The van der Waals surface area contributed by atoms with Crippen molar-refractivity contribution in [2.75, 3.05) is 10.9 Å². The third-order valence-corrected chi connectivity index (χ3v) is 3.00. The summed E-state index contributed by atoms with van der Waals surface area (Å²) in [6.07, 6.45) is -4.21. The van der Waals surface area contributed by atoms with E-state index < -0.39 is 11.7 Å². The number of halogens is 3. The molecule has 0 saturated carbocycles. The van der Waals surface area contributed by atoms with Gasteiger partial charge in [0.2, 0.25) is 0 Å². The lowest BCUT2D eigenvalue weighted by atomic mass is 10.2. The fourth-order valence-corrected chi connectivity index (χ4v) is 1.81. The Kier molecular flexibility index (Phi) is 6.25. The zero-order chi connectivity index (χ0) is 17.3. The smallest absolute Gasteiger partial charge is 0.301 e. The van der Waals surface area contributed by atoms with Gasteiger partial charge in [0.05, 0.1) is 16.9 Å². The van der Waals surface area contributed by atoms with Crippen LogP contribution in [0.25, 0.3) is 0 Å². The fraction of sp³-hybridized carbons (Fsp3) is 0.0526. The van der Waals surface area contributed by atoms with Gasteiger partial charge in [0.15, 0.2) is 0 Å². The maximum Gasteiger partial charge on any atom is 0.416 e. The molecule has 0 saturated heterocycles. The highest BCUT2D eigenvalue weighted by Crippen LogP contribution is 2.28. The predicted molar refractivity (Wildman–Crippen MR) is 91.6 cm³/mol. The van der Waals surface area contributed by atoms with Gasteiger partial charge in [0.25, 0.3) is 0 Å². The molecule has 0 spiro atoms. The van der Waals surface area contributed by atoms with E-state index in [0.29, 0.717) is 0 Å². The predicted octanol–water partition coefficient (Wildman–Crippen LogP) is 5.83. The summed E-state index contributed by atoms with van der Waals surface area (Å²) < 4.78 is 35.4. The lowest BCUT2D eigenvalue weighted by molar-refractivity contribution is -0.137. The molecule has 0 atom stereocenters. The first-order valence-electron chi connectivity index (χ1n) is 7.30. The number of nitrogens with one attached hydrogen (secondary N) is 2. The molecule has 3 rings (SSSR count). The van der Waals surface area contributed by atoms with Crippen molar-refractivity contribution in [2.24, 2.45) is 0 Å². The largest absolute Gasteiger partial charge is 0.416 e. The zero-order valence-corrected chi connectivity index (χ0v) is 12.8. The molecule has 0 aromatic heterocycles. The molecule has 24 heavy (non-hydrogen) atoms. The summed E-state index contributed by atoms with van der Waals surface area (Å²) >= 11 is 0. The lowest BCUT2D eigenvalue weighted by Crippen LogP contribution is -2.07. The van der Waals surface area contributed by atoms with Gasteiger partial charge in [0, 0.05) is 0 Å². The van der Waals surface area contributed by atoms with Gasteiger partial charge in [-0.2, -0.15) is 13.2 Å². The Bertz CT molecular complexity index is 659. The maximum absolute atomic E-state index is 11.8.